The van der Waals surface area contributed by atoms with Gasteiger partial charge in [0, 0.05) is 18.8 Å². The molecule has 4 unspecified atom stereocenters. The second-order valence-electron chi connectivity index (χ2n) is 7.56. The van der Waals surface area contributed by atoms with Crippen molar-refractivity contribution in [1.29, 1.82) is 0 Å². The van der Waals surface area contributed by atoms with E-state index in [-0.39, 0.29) is 31.2 Å². The van der Waals surface area contributed by atoms with Crippen LogP contribution < -0.4 is 33.6 Å². The number of carbonyl (C=O) groups is 5. The normalized spacial score (nSPS) is 18.0. The number of nitrogens with one attached hydrogen (secondary N) is 2. The Morgan fingerprint density at radius 1 is 1.12 bits per heavy atom. The average Bonchev–Trinajstić information content (AvgIpc) is 3.22. The van der Waals surface area contributed by atoms with Gasteiger partial charge in [0.1, 0.15) is 18.1 Å². The number of aliphatic imine (C=N–C) groups is 1. The van der Waals surface area contributed by atoms with Crippen LogP contribution in [0.4, 0.5) is 0 Å². The fraction of sp³-hybridized carbons (Fsp3) is 0.667. The van der Waals surface area contributed by atoms with Gasteiger partial charge in [-0.25, -0.2) is 4.79 Å². The molecule has 0 radical (unpaired) electrons. The van der Waals surface area contributed by atoms with E-state index >= 15 is 0 Å². The van der Waals surface area contributed by atoms with Crippen molar-refractivity contribution >= 4 is 48.2 Å². The maximum Gasteiger partial charge on any atom is 0.327 e. The molecule has 0 spiro atoms. The summed E-state index contributed by atoms with van der Waals surface area (Å²) < 4.78 is 0. The van der Waals surface area contributed by atoms with Crippen molar-refractivity contribution in [3.8, 4) is 0 Å². The van der Waals surface area contributed by atoms with Gasteiger partial charge in [0.05, 0.1) is 12.5 Å². The van der Waals surface area contributed by atoms with Crippen molar-refractivity contribution in [2.75, 3.05) is 18.8 Å². The molecule has 0 saturated carbocycles. The third-order valence-corrected chi connectivity index (χ3v) is 5.32. The average molecular weight is 489 g/mol. The number of carboxylic acids is 1. The molecular weight excluding hydrogens is 456 g/mol. The number of rotatable bonds is 13. The Labute approximate surface area is 196 Å². The number of nitrogens with two attached hydrogens (primary N) is 4. The van der Waals surface area contributed by atoms with Crippen molar-refractivity contribution < 1.29 is 29.1 Å². The number of hydrogen-bond donors (Lipinski definition) is 8. The molecule has 1 aliphatic rings. The lowest BCUT2D eigenvalue weighted by Crippen LogP contribution is -2.57. The summed E-state index contributed by atoms with van der Waals surface area (Å²) in [6.07, 6.45) is 0.884. The largest absolute Gasteiger partial charge is 0.480 e. The molecule has 0 aliphatic carbocycles. The summed E-state index contributed by atoms with van der Waals surface area (Å²) in [4.78, 5) is 65.6. The van der Waals surface area contributed by atoms with E-state index in [1.165, 1.54) is 4.90 Å². The molecule has 0 aromatic heterocycles. The van der Waals surface area contributed by atoms with Crippen molar-refractivity contribution in [2.24, 2.45) is 27.9 Å². The Kier molecular flexibility index (Phi) is 11.4. The molecule has 33 heavy (non-hydrogen) atoms. The Morgan fingerprint density at radius 2 is 1.79 bits per heavy atom. The topological polar surface area (TPSA) is 249 Å². The number of carboxylic acid groups (broad SMARTS) is 1. The zero-order chi connectivity index (χ0) is 25.1. The summed E-state index contributed by atoms with van der Waals surface area (Å²) >= 11 is 3.91. The maximum absolute atomic E-state index is 13.2. The number of thiol groups is 1. The third kappa shape index (κ3) is 9.13. The van der Waals surface area contributed by atoms with Gasteiger partial charge in [-0.1, -0.05) is 0 Å². The molecule has 4 amide bonds. The molecule has 1 saturated heterocycles. The number of aliphatic carboxylic acids is 1. The van der Waals surface area contributed by atoms with Crippen LogP contribution in [-0.4, -0.2) is 88.6 Å². The molecule has 1 aliphatic heterocycles. The lowest BCUT2D eigenvalue weighted by atomic mass is 10.1. The number of nitrogens with zero attached hydrogens (tertiary/aromatic N) is 2. The van der Waals surface area contributed by atoms with E-state index in [4.69, 9.17) is 28.0 Å². The molecule has 0 aromatic rings. The van der Waals surface area contributed by atoms with Gasteiger partial charge in [-0.15, -0.1) is 0 Å². The Balaban J connectivity index is 2.97. The molecule has 15 heteroatoms. The SMILES string of the molecule is NC(=O)CC(N)C(=O)NC(CCCN=C(N)N)C(=O)N1CCCC1C(=O)NC(CS)C(=O)O. The van der Waals surface area contributed by atoms with Crippen LogP contribution >= 0.6 is 12.6 Å². The molecule has 0 bridgehead atoms. The lowest BCUT2D eigenvalue weighted by Gasteiger charge is -2.29. The van der Waals surface area contributed by atoms with Gasteiger partial charge in [-0.05, 0) is 25.7 Å². The van der Waals surface area contributed by atoms with Crippen LogP contribution in [-0.2, 0) is 24.0 Å². The summed E-state index contributed by atoms with van der Waals surface area (Å²) in [5, 5.41) is 14.0. The molecule has 4 atom stereocenters. The Morgan fingerprint density at radius 3 is 2.33 bits per heavy atom. The quantitative estimate of drug-likeness (QED) is 0.0547. The fourth-order valence-electron chi connectivity index (χ4n) is 3.31. The number of hydrogen-bond acceptors (Lipinski definition) is 8. The highest BCUT2D eigenvalue weighted by Gasteiger charge is 2.38. The predicted molar refractivity (Wildman–Crippen MR) is 122 cm³/mol. The van der Waals surface area contributed by atoms with Gasteiger partial charge in [-0.3, -0.25) is 24.2 Å². The minimum atomic E-state index is -1.25. The smallest absolute Gasteiger partial charge is 0.327 e. The number of likely N-dealkylation sites (tertiary alicyclic amines) is 1. The predicted octanol–water partition coefficient (Wildman–Crippen LogP) is -3.78. The van der Waals surface area contributed by atoms with E-state index in [0.29, 0.717) is 19.3 Å². The van der Waals surface area contributed by atoms with E-state index in [1.807, 2.05) is 0 Å². The van der Waals surface area contributed by atoms with Gasteiger partial charge < -0.3 is 43.6 Å². The first-order chi connectivity index (χ1) is 15.5. The highest BCUT2D eigenvalue weighted by atomic mass is 32.1. The Bertz CT molecular complexity index is 775. The van der Waals surface area contributed by atoms with Crippen LogP contribution in [0.15, 0.2) is 4.99 Å². The van der Waals surface area contributed by atoms with Crippen LogP contribution in [0.1, 0.15) is 32.1 Å². The second-order valence-corrected chi connectivity index (χ2v) is 7.92. The lowest BCUT2D eigenvalue weighted by molar-refractivity contribution is -0.144. The molecule has 0 aromatic carbocycles. The standard InChI is InChI=1S/C18H32N8O6S/c19-9(7-13(20)27)14(28)24-10(3-1-5-23-18(21)22)16(30)26-6-2-4-12(26)15(29)25-11(8-33)17(31)32/h9-12,33H,1-8,19H2,(H2,20,27)(H,24,28)(H,25,29)(H,31,32)(H4,21,22,23). The molecule has 186 valence electrons. The minimum Gasteiger partial charge on any atom is -0.480 e. The van der Waals surface area contributed by atoms with Gasteiger partial charge in [0.2, 0.25) is 23.6 Å². The van der Waals surface area contributed by atoms with Crippen molar-refractivity contribution in [3.05, 3.63) is 0 Å². The van der Waals surface area contributed by atoms with Crippen molar-refractivity contribution in [3.63, 3.8) is 0 Å². The molecule has 1 heterocycles. The first-order valence-electron chi connectivity index (χ1n) is 10.3. The first-order valence-corrected chi connectivity index (χ1v) is 10.9. The van der Waals surface area contributed by atoms with Gasteiger partial charge in [-0.2, -0.15) is 12.6 Å². The second kappa shape index (κ2) is 13.5. The van der Waals surface area contributed by atoms with E-state index in [0.717, 1.165) is 0 Å². The monoisotopic (exact) mass is 488 g/mol. The zero-order valence-electron chi connectivity index (χ0n) is 18.1. The summed E-state index contributed by atoms with van der Waals surface area (Å²) in [5.74, 6) is -4.20. The zero-order valence-corrected chi connectivity index (χ0v) is 19.0. The summed E-state index contributed by atoms with van der Waals surface area (Å²) in [6, 6.07) is -4.44. The van der Waals surface area contributed by atoms with Crippen LogP contribution in [0.25, 0.3) is 0 Å². The van der Waals surface area contributed by atoms with Crippen LogP contribution in [0.3, 0.4) is 0 Å². The van der Waals surface area contributed by atoms with Gasteiger partial charge >= 0.3 is 5.97 Å². The summed E-state index contributed by atoms with van der Waals surface area (Å²) in [6.45, 7) is 0.435. The third-order valence-electron chi connectivity index (χ3n) is 4.95. The first kappa shape index (κ1) is 28.0. The summed E-state index contributed by atoms with van der Waals surface area (Å²) in [5.41, 5.74) is 21.3. The van der Waals surface area contributed by atoms with Crippen LogP contribution in [0, 0.1) is 0 Å². The van der Waals surface area contributed by atoms with E-state index in [2.05, 4.69) is 28.3 Å². The summed E-state index contributed by atoms with van der Waals surface area (Å²) in [7, 11) is 0. The maximum atomic E-state index is 13.2. The number of carbonyl (C=O) groups excluding carboxylic acids is 4. The van der Waals surface area contributed by atoms with E-state index in [9.17, 15) is 24.0 Å². The van der Waals surface area contributed by atoms with E-state index < -0.39 is 60.2 Å². The van der Waals surface area contributed by atoms with Gasteiger partial charge in [0.15, 0.2) is 5.96 Å². The van der Waals surface area contributed by atoms with Crippen molar-refractivity contribution in [1.82, 2.24) is 15.5 Å². The van der Waals surface area contributed by atoms with E-state index in [1.54, 1.807) is 0 Å². The minimum absolute atomic E-state index is 0.122. The molecule has 1 fully saturated rings. The number of primary amides is 1. The molecule has 14 nitrogen and oxygen atoms in total. The molecule has 1 rings (SSSR count). The molecule has 11 N–H and O–H groups in total. The van der Waals surface area contributed by atoms with Crippen molar-refractivity contribution in [2.45, 2.75) is 56.3 Å². The highest BCUT2D eigenvalue weighted by molar-refractivity contribution is 7.80. The number of amides is 4. The fourth-order valence-corrected chi connectivity index (χ4v) is 3.55. The van der Waals surface area contributed by atoms with Gasteiger partial charge in [0.25, 0.3) is 0 Å². The Hall–Kier alpha value is -3.07. The number of guanidine groups is 1. The highest BCUT2D eigenvalue weighted by Crippen LogP contribution is 2.20. The van der Waals surface area contributed by atoms with Crippen LogP contribution in [0.2, 0.25) is 0 Å². The molecular formula is C18H32N8O6S. The van der Waals surface area contributed by atoms with Crippen LogP contribution in [0.5, 0.6) is 0 Å².